The number of rotatable bonds is 5. The molecule has 0 spiro atoms. The molecule has 1 heterocycles. The third-order valence-corrected chi connectivity index (χ3v) is 3.34. The van der Waals surface area contributed by atoms with Gasteiger partial charge < -0.3 is 20.1 Å². The highest BCUT2D eigenvalue weighted by Crippen LogP contribution is 2.26. The Morgan fingerprint density at radius 2 is 2.05 bits per heavy atom. The number of benzene rings is 1. The molecule has 116 valence electrons. The van der Waals surface area contributed by atoms with Crippen LogP contribution in [0.1, 0.15) is 31.9 Å². The van der Waals surface area contributed by atoms with Crippen LogP contribution in [-0.4, -0.2) is 41.8 Å². The molecule has 1 aromatic carbocycles. The molecule has 1 atom stereocenters. The maximum absolute atomic E-state index is 10.0. The molecular formula is C17H26N2O2. The van der Waals surface area contributed by atoms with Crippen LogP contribution in [0.5, 0.6) is 0 Å². The van der Waals surface area contributed by atoms with E-state index in [4.69, 9.17) is 4.74 Å². The van der Waals surface area contributed by atoms with Gasteiger partial charge in [-0.15, -0.1) is 0 Å². The molecule has 0 radical (unpaired) electrons. The number of hydrogen-bond acceptors (Lipinski definition) is 4. The summed E-state index contributed by atoms with van der Waals surface area (Å²) in [6.07, 6.45) is 1.47. The van der Waals surface area contributed by atoms with Crippen LogP contribution < -0.4 is 5.32 Å². The van der Waals surface area contributed by atoms with Crippen molar-refractivity contribution < 1.29 is 9.84 Å². The molecule has 0 fully saturated rings. The third-order valence-electron chi connectivity index (χ3n) is 3.34. The number of aliphatic hydroxyl groups is 1. The van der Waals surface area contributed by atoms with Gasteiger partial charge in [-0.1, -0.05) is 24.3 Å². The smallest absolute Gasteiger partial charge is 0.142 e. The van der Waals surface area contributed by atoms with E-state index in [0.29, 0.717) is 6.54 Å². The van der Waals surface area contributed by atoms with Crippen LogP contribution in [0.2, 0.25) is 0 Å². The Morgan fingerprint density at radius 3 is 2.76 bits per heavy atom. The van der Waals surface area contributed by atoms with E-state index < -0.39 is 6.10 Å². The average molecular weight is 290 g/mol. The highest BCUT2D eigenvalue weighted by Gasteiger charge is 2.18. The molecule has 2 N–H and O–H groups in total. The minimum atomic E-state index is -0.524. The van der Waals surface area contributed by atoms with Crippen molar-refractivity contribution in [3.63, 3.8) is 0 Å². The zero-order valence-electron chi connectivity index (χ0n) is 13.4. The second-order valence-electron chi connectivity index (χ2n) is 6.66. The molecule has 1 aliphatic rings. The fourth-order valence-corrected chi connectivity index (χ4v) is 2.27. The molecule has 0 amide bonds. The lowest BCUT2D eigenvalue weighted by Gasteiger charge is -2.27. The summed E-state index contributed by atoms with van der Waals surface area (Å²) < 4.78 is 5.84. The van der Waals surface area contributed by atoms with E-state index in [-0.39, 0.29) is 12.1 Å². The van der Waals surface area contributed by atoms with E-state index in [2.05, 4.69) is 43.1 Å². The Bertz CT molecular complexity index is 506. The zero-order valence-corrected chi connectivity index (χ0v) is 13.4. The van der Waals surface area contributed by atoms with Gasteiger partial charge in [0.05, 0.1) is 0 Å². The van der Waals surface area contributed by atoms with Crippen molar-refractivity contribution >= 4 is 5.76 Å². The van der Waals surface area contributed by atoms with Crippen molar-refractivity contribution in [1.82, 2.24) is 10.2 Å². The summed E-state index contributed by atoms with van der Waals surface area (Å²) in [5.41, 5.74) is 2.36. The van der Waals surface area contributed by atoms with Crippen molar-refractivity contribution in [1.29, 1.82) is 0 Å². The quantitative estimate of drug-likeness (QED) is 0.872. The van der Waals surface area contributed by atoms with Gasteiger partial charge in [0.1, 0.15) is 18.5 Å². The van der Waals surface area contributed by atoms with Gasteiger partial charge in [-0.05, 0) is 26.3 Å². The van der Waals surface area contributed by atoms with E-state index in [1.54, 1.807) is 0 Å². The summed E-state index contributed by atoms with van der Waals surface area (Å²) >= 11 is 0. The van der Waals surface area contributed by atoms with Gasteiger partial charge in [-0.2, -0.15) is 0 Å². The maximum atomic E-state index is 10.0. The Balaban J connectivity index is 1.93. The minimum absolute atomic E-state index is 0.00208. The number of hydrogen-bond donors (Lipinski definition) is 2. The molecule has 0 aliphatic carbocycles. The summed E-state index contributed by atoms with van der Waals surface area (Å²) in [4.78, 5) is 2.09. The summed E-state index contributed by atoms with van der Waals surface area (Å²) in [5.74, 6) is 0.828. The summed E-state index contributed by atoms with van der Waals surface area (Å²) in [7, 11) is 2.02. The van der Waals surface area contributed by atoms with Gasteiger partial charge in [0, 0.05) is 37.4 Å². The molecule has 0 aromatic heterocycles. The molecule has 2 rings (SSSR count). The molecule has 1 aromatic rings. The Hall–Kier alpha value is -1.52. The highest BCUT2D eigenvalue weighted by atomic mass is 16.5. The molecule has 1 aliphatic heterocycles. The first-order valence-electron chi connectivity index (χ1n) is 7.41. The molecule has 4 heteroatoms. The van der Waals surface area contributed by atoms with Gasteiger partial charge in [0.2, 0.25) is 0 Å². The lowest BCUT2D eigenvalue weighted by Crippen LogP contribution is -2.42. The predicted molar refractivity (Wildman–Crippen MR) is 85.6 cm³/mol. The first-order valence-corrected chi connectivity index (χ1v) is 7.41. The van der Waals surface area contributed by atoms with Crippen molar-refractivity contribution in [2.24, 2.45) is 0 Å². The fraction of sp³-hybridized carbons (Fsp3) is 0.529. The second kappa shape index (κ2) is 6.50. The number of ether oxygens (including phenoxy) is 1. The van der Waals surface area contributed by atoms with Crippen LogP contribution in [0.4, 0.5) is 0 Å². The van der Waals surface area contributed by atoms with Crippen LogP contribution in [-0.2, 0) is 11.3 Å². The third kappa shape index (κ3) is 4.76. The van der Waals surface area contributed by atoms with Gasteiger partial charge in [-0.25, -0.2) is 0 Å². The molecular weight excluding hydrogens is 264 g/mol. The highest BCUT2D eigenvalue weighted by molar-refractivity contribution is 5.64. The van der Waals surface area contributed by atoms with Gasteiger partial charge >= 0.3 is 0 Å². The van der Waals surface area contributed by atoms with Crippen molar-refractivity contribution in [2.45, 2.75) is 39.0 Å². The molecule has 0 bridgehead atoms. The van der Waals surface area contributed by atoms with E-state index >= 15 is 0 Å². The molecule has 1 unspecified atom stereocenters. The Labute approximate surface area is 127 Å². The number of aliphatic hydroxyl groups excluding tert-OH is 1. The van der Waals surface area contributed by atoms with E-state index in [1.165, 1.54) is 5.56 Å². The normalized spacial score (nSPS) is 16.2. The lowest BCUT2D eigenvalue weighted by atomic mass is 10.0. The summed E-state index contributed by atoms with van der Waals surface area (Å²) in [5, 5.41) is 13.3. The molecule has 0 saturated carbocycles. The zero-order chi connectivity index (χ0) is 15.5. The van der Waals surface area contributed by atoms with Gasteiger partial charge in [0.25, 0.3) is 0 Å². The Kier molecular flexibility index (Phi) is 4.91. The van der Waals surface area contributed by atoms with Crippen molar-refractivity contribution in [2.75, 3.05) is 20.2 Å². The summed E-state index contributed by atoms with van der Waals surface area (Å²) in [6.45, 7) is 7.93. The van der Waals surface area contributed by atoms with E-state index in [1.807, 2.05) is 25.4 Å². The second-order valence-corrected chi connectivity index (χ2v) is 6.66. The average Bonchev–Trinajstić information content (AvgIpc) is 2.41. The maximum Gasteiger partial charge on any atom is 0.142 e. The van der Waals surface area contributed by atoms with Gasteiger partial charge in [-0.3, -0.25) is 0 Å². The monoisotopic (exact) mass is 290 g/mol. The van der Waals surface area contributed by atoms with E-state index in [0.717, 1.165) is 17.9 Å². The van der Waals surface area contributed by atoms with Crippen molar-refractivity contribution in [3.05, 3.63) is 41.6 Å². The first kappa shape index (κ1) is 15.9. The standard InChI is InChI=1S/C17H26N2O2/c1-17(2,3)18-9-14(20)12-21-16-11-19(4)10-13-7-5-6-8-15(13)16/h5-8,11,14,18,20H,9-10,12H2,1-4H3. The minimum Gasteiger partial charge on any atom is -0.489 e. The largest absolute Gasteiger partial charge is 0.489 e. The van der Waals surface area contributed by atoms with E-state index in [9.17, 15) is 5.11 Å². The van der Waals surface area contributed by atoms with Crippen LogP contribution in [0.3, 0.4) is 0 Å². The van der Waals surface area contributed by atoms with Crippen LogP contribution in [0.25, 0.3) is 5.76 Å². The van der Waals surface area contributed by atoms with Crippen molar-refractivity contribution in [3.8, 4) is 0 Å². The Morgan fingerprint density at radius 1 is 1.33 bits per heavy atom. The number of nitrogens with one attached hydrogen (secondary N) is 1. The molecule has 4 nitrogen and oxygen atoms in total. The van der Waals surface area contributed by atoms with Crippen LogP contribution in [0.15, 0.2) is 30.5 Å². The van der Waals surface area contributed by atoms with Crippen LogP contribution in [0, 0.1) is 0 Å². The molecule has 0 saturated heterocycles. The molecule has 21 heavy (non-hydrogen) atoms. The SMILES string of the molecule is CN1C=C(OCC(O)CNC(C)(C)C)c2ccccc2C1. The number of β-amino-alcohol motifs (C(OH)–C–C–N with tert-alkyl or cyclic N) is 1. The fourth-order valence-electron chi connectivity index (χ4n) is 2.27. The lowest BCUT2D eigenvalue weighted by molar-refractivity contribution is 0.0859. The first-order chi connectivity index (χ1) is 9.85. The van der Waals surface area contributed by atoms with Crippen LogP contribution >= 0.6 is 0 Å². The summed E-state index contributed by atoms with van der Waals surface area (Å²) in [6, 6.07) is 8.23. The van der Waals surface area contributed by atoms with Gasteiger partial charge in [0.15, 0.2) is 0 Å². The number of nitrogens with zero attached hydrogens (tertiary/aromatic N) is 1. The number of fused-ring (bicyclic) bond motifs is 1. The predicted octanol–water partition coefficient (Wildman–Crippen LogP) is 2.20. The topological polar surface area (TPSA) is 44.7 Å².